The first-order valence-electron chi connectivity index (χ1n) is 4.41. The molecule has 0 N–H and O–H groups in total. The van der Waals surface area contributed by atoms with E-state index in [9.17, 15) is 0 Å². The summed E-state index contributed by atoms with van der Waals surface area (Å²) < 4.78 is 0. The van der Waals surface area contributed by atoms with Crippen LogP contribution in [0.5, 0.6) is 0 Å². The average molecular weight is 167 g/mol. The van der Waals surface area contributed by atoms with Crippen molar-refractivity contribution in [2.45, 2.75) is 13.0 Å². The molecule has 1 heterocycles. The van der Waals surface area contributed by atoms with Gasteiger partial charge in [-0.05, 0) is 20.0 Å². The summed E-state index contributed by atoms with van der Waals surface area (Å²) in [4.78, 5) is 4.47. The quantitative estimate of drug-likeness (QED) is 0.557. The third-order valence-electron chi connectivity index (χ3n) is 2.61. The minimum atomic E-state index is 0.578. The SMILES string of the molecule is CC1CN(CC#N)CC1N(C)C. The third-order valence-corrected chi connectivity index (χ3v) is 2.61. The van der Waals surface area contributed by atoms with Gasteiger partial charge in [0.05, 0.1) is 12.6 Å². The van der Waals surface area contributed by atoms with Gasteiger partial charge in [-0.1, -0.05) is 6.92 Å². The van der Waals surface area contributed by atoms with Crippen LogP contribution in [0.3, 0.4) is 0 Å². The Morgan fingerprint density at radius 3 is 2.58 bits per heavy atom. The lowest BCUT2D eigenvalue weighted by Gasteiger charge is -2.22. The molecule has 68 valence electrons. The molecule has 1 saturated heterocycles. The van der Waals surface area contributed by atoms with Crippen LogP contribution in [0.4, 0.5) is 0 Å². The first-order valence-corrected chi connectivity index (χ1v) is 4.41. The van der Waals surface area contributed by atoms with Gasteiger partial charge >= 0.3 is 0 Å². The lowest BCUT2D eigenvalue weighted by molar-refractivity contribution is 0.256. The molecule has 1 rings (SSSR count). The minimum Gasteiger partial charge on any atom is -0.305 e. The van der Waals surface area contributed by atoms with E-state index in [1.807, 2.05) is 0 Å². The Balaban J connectivity index is 2.46. The normalized spacial score (nSPS) is 30.9. The van der Waals surface area contributed by atoms with Gasteiger partial charge in [0.2, 0.25) is 0 Å². The fourth-order valence-corrected chi connectivity index (χ4v) is 1.95. The van der Waals surface area contributed by atoms with Crippen molar-refractivity contribution in [3.05, 3.63) is 0 Å². The van der Waals surface area contributed by atoms with Gasteiger partial charge in [0.15, 0.2) is 0 Å². The van der Waals surface area contributed by atoms with Crippen LogP contribution in [0.2, 0.25) is 0 Å². The van der Waals surface area contributed by atoms with Crippen LogP contribution in [-0.2, 0) is 0 Å². The van der Waals surface area contributed by atoms with Crippen molar-refractivity contribution in [1.29, 1.82) is 5.26 Å². The molecule has 0 aromatic heterocycles. The molecule has 0 bridgehead atoms. The van der Waals surface area contributed by atoms with Crippen molar-refractivity contribution < 1.29 is 0 Å². The summed E-state index contributed by atoms with van der Waals surface area (Å²) in [6.07, 6.45) is 0. The number of hydrogen-bond donors (Lipinski definition) is 0. The number of rotatable bonds is 2. The number of hydrogen-bond acceptors (Lipinski definition) is 3. The summed E-state index contributed by atoms with van der Waals surface area (Å²) in [5, 5.41) is 8.53. The molecule has 0 aromatic carbocycles. The van der Waals surface area contributed by atoms with Crippen LogP contribution in [0.1, 0.15) is 6.92 Å². The molecule has 0 amide bonds. The van der Waals surface area contributed by atoms with E-state index in [1.54, 1.807) is 0 Å². The minimum absolute atomic E-state index is 0.578. The molecule has 2 atom stereocenters. The van der Waals surface area contributed by atoms with Gasteiger partial charge < -0.3 is 4.90 Å². The largest absolute Gasteiger partial charge is 0.305 e. The maximum atomic E-state index is 8.53. The maximum Gasteiger partial charge on any atom is 0.0866 e. The highest BCUT2D eigenvalue weighted by molar-refractivity contribution is 4.90. The molecule has 12 heavy (non-hydrogen) atoms. The fourth-order valence-electron chi connectivity index (χ4n) is 1.95. The Bertz CT molecular complexity index is 183. The topological polar surface area (TPSA) is 30.3 Å². The Morgan fingerprint density at radius 1 is 1.50 bits per heavy atom. The Kier molecular flexibility index (Phi) is 3.07. The van der Waals surface area contributed by atoms with Gasteiger partial charge in [-0.15, -0.1) is 0 Å². The third kappa shape index (κ3) is 1.96. The van der Waals surface area contributed by atoms with Crippen molar-refractivity contribution in [2.24, 2.45) is 5.92 Å². The van der Waals surface area contributed by atoms with Gasteiger partial charge in [0.1, 0.15) is 0 Å². The second-order valence-corrected chi connectivity index (χ2v) is 3.86. The molecule has 1 aliphatic heterocycles. The molecule has 0 spiro atoms. The number of nitriles is 1. The van der Waals surface area contributed by atoms with E-state index >= 15 is 0 Å². The van der Waals surface area contributed by atoms with E-state index in [-0.39, 0.29) is 0 Å². The van der Waals surface area contributed by atoms with Crippen molar-refractivity contribution in [3.63, 3.8) is 0 Å². The molecule has 1 fully saturated rings. The van der Waals surface area contributed by atoms with Gasteiger partial charge in [-0.25, -0.2) is 0 Å². The molecule has 0 aromatic rings. The monoisotopic (exact) mass is 167 g/mol. The van der Waals surface area contributed by atoms with E-state index < -0.39 is 0 Å². The molecule has 0 saturated carbocycles. The van der Waals surface area contributed by atoms with Crippen molar-refractivity contribution in [1.82, 2.24) is 9.80 Å². The highest BCUT2D eigenvalue weighted by Gasteiger charge is 2.30. The van der Waals surface area contributed by atoms with Gasteiger partial charge in [-0.2, -0.15) is 5.26 Å². The Labute approximate surface area is 74.6 Å². The number of likely N-dealkylation sites (N-methyl/N-ethyl adjacent to an activating group) is 1. The van der Waals surface area contributed by atoms with Gasteiger partial charge in [-0.3, -0.25) is 4.90 Å². The first kappa shape index (κ1) is 9.50. The van der Waals surface area contributed by atoms with E-state index in [2.05, 4.69) is 36.9 Å². The van der Waals surface area contributed by atoms with E-state index in [0.29, 0.717) is 18.5 Å². The fraction of sp³-hybridized carbons (Fsp3) is 0.889. The Hall–Kier alpha value is -0.590. The van der Waals surface area contributed by atoms with E-state index in [1.165, 1.54) is 0 Å². The van der Waals surface area contributed by atoms with Gasteiger partial charge in [0, 0.05) is 19.1 Å². The number of likely N-dealkylation sites (tertiary alicyclic amines) is 1. The summed E-state index contributed by atoms with van der Waals surface area (Å²) >= 11 is 0. The van der Waals surface area contributed by atoms with Gasteiger partial charge in [0.25, 0.3) is 0 Å². The zero-order valence-electron chi connectivity index (χ0n) is 8.12. The van der Waals surface area contributed by atoms with Crippen LogP contribution in [-0.4, -0.2) is 49.6 Å². The molecule has 0 radical (unpaired) electrons. The van der Waals surface area contributed by atoms with E-state index in [4.69, 9.17) is 5.26 Å². The Morgan fingerprint density at radius 2 is 2.17 bits per heavy atom. The standard InChI is InChI=1S/C9H17N3/c1-8-6-12(5-4-10)7-9(8)11(2)3/h8-9H,5-7H2,1-3H3. The van der Waals surface area contributed by atoms with Crippen molar-refractivity contribution >= 4 is 0 Å². The van der Waals surface area contributed by atoms with Crippen LogP contribution >= 0.6 is 0 Å². The predicted molar refractivity (Wildman–Crippen MR) is 48.7 cm³/mol. The van der Waals surface area contributed by atoms with Crippen molar-refractivity contribution in [2.75, 3.05) is 33.7 Å². The van der Waals surface area contributed by atoms with E-state index in [0.717, 1.165) is 13.1 Å². The summed E-state index contributed by atoms with van der Waals surface area (Å²) in [7, 11) is 4.22. The van der Waals surface area contributed by atoms with Crippen LogP contribution in [0, 0.1) is 17.2 Å². The second kappa shape index (κ2) is 3.88. The summed E-state index contributed by atoms with van der Waals surface area (Å²) in [6.45, 7) is 4.94. The smallest absolute Gasteiger partial charge is 0.0866 e. The highest BCUT2D eigenvalue weighted by Crippen LogP contribution is 2.18. The second-order valence-electron chi connectivity index (χ2n) is 3.86. The molecular formula is C9H17N3. The zero-order chi connectivity index (χ0) is 9.14. The van der Waals surface area contributed by atoms with Crippen LogP contribution in [0.15, 0.2) is 0 Å². The predicted octanol–water partition coefficient (Wildman–Crippen LogP) is 0.392. The summed E-state index contributed by atoms with van der Waals surface area (Å²) in [5.74, 6) is 0.688. The lowest BCUT2D eigenvalue weighted by Crippen LogP contribution is -2.34. The molecule has 3 nitrogen and oxygen atoms in total. The molecule has 1 aliphatic rings. The van der Waals surface area contributed by atoms with Crippen LogP contribution < -0.4 is 0 Å². The number of nitrogens with zero attached hydrogens (tertiary/aromatic N) is 3. The average Bonchev–Trinajstić information content (AvgIpc) is 2.32. The lowest BCUT2D eigenvalue weighted by atomic mass is 10.1. The maximum absolute atomic E-state index is 8.53. The van der Waals surface area contributed by atoms with Crippen molar-refractivity contribution in [3.8, 4) is 6.07 Å². The zero-order valence-corrected chi connectivity index (χ0v) is 8.12. The molecular weight excluding hydrogens is 150 g/mol. The first-order chi connectivity index (χ1) is 5.65. The highest BCUT2D eigenvalue weighted by atomic mass is 15.2. The van der Waals surface area contributed by atoms with Crippen LogP contribution in [0.25, 0.3) is 0 Å². The molecule has 0 aliphatic carbocycles. The summed E-state index contributed by atoms with van der Waals surface area (Å²) in [6, 6.07) is 2.82. The molecule has 2 unspecified atom stereocenters. The summed E-state index contributed by atoms with van der Waals surface area (Å²) in [5.41, 5.74) is 0. The molecule has 3 heteroatoms.